The van der Waals surface area contributed by atoms with Crippen LogP contribution < -0.4 is 4.90 Å². The predicted octanol–water partition coefficient (Wildman–Crippen LogP) is 2.55. The van der Waals surface area contributed by atoms with Crippen molar-refractivity contribution >= 4 is 11.7 Å². The predicted molar refractivity (Wildman–Crippen MR) is 71.8 cm³/mol. The Morgan fingerprint density at radius 1 is 1.22 bits per heavy atom. The molecule has 1 aromatic rings. The lowest BCUT2D eigenvalue weighted by atomic mass is 9.93. The zero-order valence-corrected chi connectivity index (χ0v) is 11.4. The molecule has 0 atom stereocenters. The highest BCUT2D eigenvalue weighted by atomic mass is 16.1. The lowest BCUT2D eigenvalue weighted by molar-refractivity contribution is -0.120. The summed E-state index contributed by atoms with van der Waals surface area (Å²) in [4.78, 5) is 22.2. The molecular weight excluding hydrogens is 226 g/mol. The molecule has 4 heteroatoms. The summed E-state index contributed by atoms with van der Waals surface area (Å²) >= 11 is 0. The molecule has 0 aromatic carbocycles. The number of carbonyl (C=O) groups is 1. The third kappa shape index (κ3) is 2.86. The van der Waals surface area contributed by atoms with Gasteiger partial charge in [0.2, 0.25) is 5.95 Å². The molecule has 0 bridgehead atoms. The van der Waals surface area contributed by atoms with Crippen molar-refractivity contribution in [2.45, 2.75) is 51.5 Å². The van der Waals surface area contributed by atoms with Crippen LogP contribution in [0.3, 0.4) is 0 Å². The van der Waals surface area contributed by atoms with Gasteiger partial charge in [-0.15, -0.1) is 0 Å². The highest BCUT2D eigenvalue weighted by molar-refractivity contribution is 5.79. The van der Waals surface area contributed by atoms with Gasteiger partial charge in [0.05, 0.1) is 0 Å². The van der Waals surface area contributed by atoms with Gasteiger partial charge in [0.25, 0.3) is 0 Å². The van der Waals surface area contributed by atoms with Crippen LogP contribution in [0.4, 0.5) is 5.95 Å². The number of hydrogen-bond acceptors (Lipinski definition) is 4. The van der Waals surface area contributed by atoms with Gasteiger partial charge in [-0.05, 0) is 24.3 Å². The maximum atomic E-state index is 11.2. The maximum absolute atomic E-state index is 11.2. The average Bonchev–Trinajstić information content (AvgIpc) is 2.39. The van der Waals surface area contributed by atoms with Gasteiger partial charge in [0.15, 0.2) is 0 Å². The Labute approximate surface area is 108 Å². The van der Waals surface area contributed by atoms with Crippen LogP contribution in [0, 0.1) is 0 Å². The second-order valence-electron chi connectivity index (χ2n) is 5.35. The Bertz CT molecular complexity index is 404. The largest absolute Gasteiger partial charge is 0.341 e. The molecule has 1 saturated carbocycles. The lowest BCUT2D eigenvalue weighted by Gasteiger charge is -2.30. The van der Waals surface area contributed by atoms with Crippen LogP contribution in [0.25, 0.3) is 0 Å². The molecule has 0 amide bonds. The van der Waals surface area contributed by atoms with Gasteiger partial charge in [0.1, 0.15) is 5.78 Å². The molecule has 1 aromatic heterocycles. The summed E-state index contributed by atoms with van der Waals surface area (Å²) in [5.41, 5.74) is 1.16. The molecule has 98 valence electrons. The van der Waals surface area contributed by atoms with Gasteiger partial charge < -0.3 is 4.90 Å². The van der Waals surface area contributed by atoms with Crippen LogP contribution in [0.15, 0.2) is 12.4 Å². The lowest BCUT2D eigenvalue weighted by Crippen LogP contribution is -2.36. The maximum Gasteiger partial charge on any atom is 0.225 e. The van der Waals surface area contributed by atoms with Crippen LogP contribution >= 0.6 is 0 Å². The SMILES string of the molecule is CC(C)c1cnc(N(C)C2CCC(=O)CC2)nc1. The van der Waals surface area contributed by atoms with Crippen molar-refractivity contribution in [3.8, 4) is 0 Å². The first-order valence-electron chi connectivity index (χ1n) is 6.64. The second-order valence-corrected chi connectivity index (χ2v) is 5.35. The Morgan fingerprint density at radius 2 is 1.78 bits per heavy atom. The normalized spacial score (nSPS) is 17.2. The van der Waals surface area contributed by atoms with Gasteiger partial charge in [-0.25, -0.2) is 9.97 Å². The molecule has 18 heavy (non-hydrogen) atoms. The zero-order chi connectivity index (χ0) is 13.1. The van der Waals surface area contributed by atoms with E-state index in [1.807, 2.05) is 19.4 Å². The molecule has 0 N–H and O–H groups in total. The summed E-state index contributed by atoms with van der Waals surface area (Å²) in [6, 6.07) is 0.396. The summed E-state index contributed by atoms with van der Waals surface area (Å²) < 4.78 is 0. The minimum Gasteiger partial charge on any atom is -0.341 e. The number of hydrogen-bond donors (Lipinski definition) is 0. The van der Waals surface area contributed by atoms with Gasteiger partial charge >= 0.3 is 0 Å². The fraction of sp³-hybridized carbons (Fsp3) is 0.643. The number of nitrogens with zero attached hydrogens (tertiary/aromatic N) is 3. The van der Waals surface area contributed by atoms with E-state index in [2.05, 4.69) is 28.7 Å². The molecule has 4 nitrogen and oxygen atoms in total. The van der Waals surface area contributed by atoms with E-state index in [-0.39, 0.29) is 0 Å². The highest BCUT2D eigenvalue weighted by Crippen LogP contribution is 2.22. The molecule has 0 radical (unpaired) electrons. The minimum absolute atomic E-state index is 0.385. The summed E-state index contributed by atoms with van der Waals surface area (Å²) in [6.07, 6.45) is 7.03. The smallest absolute Gasteiger partial charge is 0.225 e. The number of carbonyl (C=O) groups excluding carboxylic acids is 1. The van der Waals surface area contributed by atoms with E-state index in [1.54, 1.807) is 0 Å². The van der Waals surface area contributed by atoms with E-state index in [0.717, 1.165) is 24.4 Å². The van der Waals surface area contributed by atoms with E-state index in [0.29, 0.717) is 30.6 Å². The summed E-state index contributed by atoms with van der Waals surface area (Å²) in [5, 5.41) is 0. The number of aromatic nitrogens is 2. The van der Waals surface area contributed by atoms with E-state index in [1.165, 1.54) is 0 Å². The Morgan fingerprint density at radius 3 is 2.28 bits per heavy atom. The first-order valence-corrected chi connectivity index (χ1v) is 6.64. The molecule has 0 spiro atoms. The minimum atomic E-state index is 0.385. The highest BCUT2D eigenvalue weighted by Gasteiger charge is 2.23. The topological polar surface area (TPSA) is 46.1 Å². The van der Waals surface area contributed by atoms with Gasteiger partial charge in [-0.3, -0.25) is 4.79 Å². The van der Waals surface area contributed by atoms with Crippen molar-refractivity contribution in [1.29, 1.82) is 0 Å². The van der Waals surface area contributed by atoms with Gasteiger partial charge in [0, 0.05) is 38.3 Å². The number of Topliss-reactive ketones (excluding diaryl/α,β-unsaturated/α-hetero) is 1. The van der Waals surface area contributed by atoms with E-state index < -0.39 is 0 Å². The van der Waals surface area contributed by atoms with Gasteiger partial charge in [-0.2, -0.15) is 0 Å². The first kappa shape index (κ1) is 13.0. The molecule has 0 saturated heterocycles. The molecule has 1 fully saturated rings. The molecule has 1 heterocycles. The molecule has 0 unspecified atom stereocenters. The first-order chi connectivity index (χ1) is 8.58. The molecule has 1 aliphatic rings. The van der Waals surface area contributed by atoms with Crippen LogP contribution in [0.2, 0.25) is 0 Å². The van der Waals surface area contributed by atoms with Crippen molar-refractivity contribution in [1.82, 2.24) is 9.97 Å². The molecule has 0 aliphatic heterocycles. The van der Waals surface area contributed by atoms with Crippen molar-refractivity contribution in [3.05, 3.63) is 18.0 Å². The van der Waals surface area contributed by atoms with Gasteiger partial charge in [-0.1, -0.05) is 13.8 Å². The van der Waals surface area contributed by atoms with Crippen molar-refractivity contribution < 1.29 is 4.79 Å². The summed E-state index contributed by atoms with van der Waals surface area (Å²) in [7, 11) is 2.02. The number of ketones is 1. The van der Waals surface area contributed by atoms with Crippen LogP contribution in [-0.4, -0.2) is 28.8 Å². The van der Waals surface area contributed by atoms with Crippen molar-refractivity contribution in [2.75, 3.05) is 11.9 Å². The number of rotatable bonds is 3. The molecular formula is C14H21N3O. The Hall–Kier alpha value is -1.45. The fourth-order valence-electron chi connectivity index (χ4n) is 2.29. The van der Waals surface area contributed by atoms with E-state index in [4.69, 9.17) is 0 Å². The average molecular weight is 247 g/mol. The van der Waals surface area contributed by atoms with Crippen LogP contribution in [0.5, 0.6) is 0 Å². The summed E-state index contributed by atoms with van der Waals surface area (Å²) in [6.45, 7) is 4.27. The second kappa shape index (κ2) is 5.46. The molecule has 2 rings (SSSR count). The van der Waals surface area contributed by atoms with Crippen LogP contribution in [0.1, 0.15) is 51.0 Å². The van der Waals surface area contributed by atoms with Crippen molar-refractivity contribution in [2.24, 2.45) is 0 Å². The molecule has 1 aliphatic carbocycles. The van der Waals surface area contributed by atoms with Crippen LogP contribution in [-0.2, 0) is 4.79 Å². The summed E-state index contributed by atoms with van der Waals surface area (Å²) in [5.74, 6) is 1.60. The third-order valence-electron chi connectivity index (χ3n) is 3.70. The zero-order valence-electron chi connectivity index (χ0n) is 11.4. The van der Waals surface area contributed by atoms with Crippen molar-refractivity contribution in [3.63, 3.8) is 0 Å². The van der Waals surface area contributed by atoms with E-state index >= 15 is 0 Å². The standard InChI is InChI=1S/C14H21N3O/c1-10(2)11-8-15-14(16-9-11)17(3)12-4-6-13(18)7-5-12/h8-10,12H,4-7H2,1-3H3. The fourth-order valence-corrected chi connectivity index (χ4v) is 2.29. The quantitative estimate of drug-likeness (QED) is 0.823. The Kier molecular flexibility index (Phi) is 3.94. The van der Waals surface area contributed by atoms with E-state index in [9.17, 15) is 4.79 Å². The monoisotopic (exact) mass is 247 g/mol. The number of anilines is 1. The Balaban J connectivity index is 2.04. The third-order valence-corrected chi connectivity index (χ3v) is 3.70.